The SMILES string of the molecule is N#CC1=C(N)OC2=C(C(=O)CCC2)C1c1ccc(Br)s1. The summed E-state index contributed by atoms with van der Waals surface area (Å²) in [6, 6.07) is 5.93. The lowest BCUT2D eigenvalue weighted by Crippen LogP contribution is -2.26. The topological polar surface area (TPSA) is 76.1 Å². The number of carbonyl (C=O) groups excluding carboxylic acids is 1. The van der Waals surface area contributed by atoms with Gasteiger partial charge in [-0.15, -0.1) is 11.3 Å². The average Bonchev–Trinajstić information content (AvgIpc) is 2.84. The Labute approximate surface area is 128 Å². The van der Waals surface area contributed by atoms with Crippen molar-refractivity contribution in [2.75, 3.05) is 0 Å². The number of rotatable bonds is 1. The quantitative estimate of drug-likeness (QED) is 0.842. The number of nitrogens with two attached hydrogens (primary N) is 1. The van der Waals surface area contributed by atoms with Gasteiger partial charge >= 0.3 is 0 Å². The molecule has 102 valence electrons. The monoisotopic (exact) mass is 350 g/mol. The number of allylic oxidation sites excluding steroid dienone is 3. The van der Waals surface area contributed by atoms with Gasteiger partial charge in [-0.1, -0.05) is 0 Å². The zero-order valence-corrected chi connectivity index (χ0v) is 12.9. The van der Waals surface area contributed by atoms with Gasteiger partial charge in [0.25, 0.3) is 0 Å². The van der Waals surface area contributed by atoms with Crippen molar-refractivity contribution in [3.63, 3.8) is 0 Å². The molecule has 1 aromatic heterocycles. The minimum Gasteiger partial charge on any atom is -0.444 e. The zero-order chi connectivity index (χ0) is 14.3. The molecule has 1 atom stereocenters. The Balaban J connectivity index is 2.18. The van der Waals surface area contributed by atoms with Crippen molar-refractivity contribution in [3.05, 3.63) is 43.6 Å². The molecule has 0 radical (unpaired) electrons. The smallest absolute Gasteiger partial charge is 0.205 e. The van der Waals surface area contributed by atoms with Gasteiger partial charge in [0.15, 0.2) is 5.78 Å². The van der Waals surface area contributed by atoms with Crippen LogP contribution >= 0.6 is 27.3 Å². The third-order valence-electron chi connectivity index (χ3n) is 3.48. The first-order valence-corrected chi connectivity index (χ1v) is 7.82. The molecule has 2 heterocycles. The zero-order valence-electron chi connectivity index (χ0n) is 10.5. The molecule has 1 unspecified atom stereocenters. The molecule has 0 bridgehead atoms. The number of thiophene rings is 1. The second-order valence-electron chi connectivity index (χ2n) is 4.68. The van der Waals surface area contributed by atoms with Crippen molar-refractivity contribution in [2.45, 2.75) is 25.2 Å². The van der Waals surface area contributed by atoms with Crippen LogP contribution in [-0.2, 0) is 9.53 Å². The minimum absolute atomic E-state index is 0.0565. The third-order valence-corrected chi connectivity index (χ3v) is 5.17. The Morgan fingerprint density at radius 1 is 1.45 bits per heavy atom. The van der Waals surface area contributed by atoms with Crippen molar-refractivity contribution in [1.29, 1.82) is 5.26 Å². The highest BCUT2D eigenvalue weighted by Crippen LogP contribution is 2.45. The molecule has 0 aromatic carbocycles. The summed E-state index contributed by atoms with van der Waals surface area (Å²) >= 11 is 4.92. The van der Waals surface area contributed by atoms with Gasteiger partial charge < -0.3 is 10.5 Å². The van der Waals surface area contributed by atoms with Crippen LogP contribution in [0.15, 0.2) is 38.7 Å². The lowest BCUT2D eigenvalue weighted by atomic mass is 9.80. The molecule has 0 saturated carbocycles. The molecule has 2 aliphatic rings. The maximum absolute atomic E-state index is 12.3. The fraction of sp³-hybridized carbons (Fsp3) is 0.286. The van der Waals surface area contributed by atoms with Crippen LogP contribution in [0.1, 0.15) is 30.1 Å². The first kappa shape index (κ1) is 13.4. The van der Waals surface area contributed by atoms with E-state index in [0.717, 1.165) is 15.1 Å². The van der Waals surface area contributed by atoms with Crippen LogP contribution in [0, 0.1) is 11.3 Å². The molecule has 20 heavy (non-hydrogen) atoms. The van der Waals surface area contributed by atoms with E-state index in [-0.39, 0.29) is 17.6 Å². The molecule has 0 amide bonds. The van der Waals surface area contributed by atoms with Gasteiger partial charge in [0, 0.05) is 23.3 Å². The molecular formula is C14H11BrN2O2S. The number of nitriles is 1. The highest BCUT2D eigenvalue weighted by molar-refractivity contribution is 9.11. The van der Waals surface area contributed by atoms with Crippen molar-refractivity contribution >= 4 is 33.0 Å². The number of ketones is 1. The van der Waals surface area contributed by atoms with Crippen LogP contribution in [0.4, 0.5) is 0 Å². The molecule has 1 aromatic rings. The summed E-state index contributed by atoms with van der Waals surface area (Å²) in [5.74, 6) is 0.427. The molecule has 2 N–H and O–H groups in total. The van der Waals surface area contributed by atoms with Gasteiger partial charge in [-0.3, -0.25) is 4.79 Å². The van der Waals surface area contributed by atoms with Crippen LogP contribution in [0.2, 0.25) is 0 Å². The van der Waals surface area contributed by atoms with E-state index in [0.29, 0.717) is 29.7 Å². The Morgan fingerprint density at radius 3 is 2.90 bits per heavy atom. The summed E-state index contributed by atoms with van der Waals surface area (Å²) in [6.45, 7) is 0. The maximum atomic E-state index is 12.3. The average molecular weight is 351 g/mol. The van der Waals surface area contributed by atoms with Gasteiger partial charge in [0.05, 0.1) is 9.70 Å². The highest BCUT2D eigenvalue weighted by Gasteiger charge is 2.38. The highest BCUT2D eigenvalue weighted by atomic mass is 79.9. The molecule has 0 fully saturated rings. The maximum Gasteiger partial charge on any atom is 0.205 e. The summed E-state index contributed by atoms with van der Waals surface area (Å²) in [5, 5.41) is 9.37. The van der Waals surface area contributed by atoms with E-state index in [1.165, 1.54) is 11.3 Å². The summed E-state index contributed by atoms with van der Waals surface area (Å²) < 4.78 is 6.47. The molecule has 1 aliphatic heterocycles. The largest absolute Gasteiger partial charge is 0.444 e. The number of hydrogen-bond acceptors (Lipinski definition) is 5. The number of nitrogens with zero attached hydrogens (tertiary/aromatic N) is 1. The van der Waals surface area contributed by atoms with E-state index in [9.17, 15) is 10.1 Å². The van der Waals surface area contributed by atoms with E-state index >= 15 is 0 Å². The van der Waals surface area contributed by atoms with E-state index in [2.05, 4.69) is 22.0 Å². The predicted octanol–water partition coefficient (Wildman–Crippen LogP) is 3.33. The first-order chi connectivity index (χ1) is 9.61. The molecule has 4 nitrogen and oxygen atoms in total. The van der Waals surface area contributed by atoms with Gasteiger partial charge in [-0.25, -0.2) is 0 Å². The molecule has 0 spiro atoms. The van der Waals surface area contributed by atoms with E-state index in [4.69, 9.17) is 10.5 Å². The van der Waals surface area contributed by atoms with Crippen molar-refractivity contribution < 1.29 is 9.53 Å². The van der Waals surface area contributed by atoms with Crippen LogP contribution in [-0.4, -0.2) is 5.78 Å². The summed E-state index contributed by atoms with van der Waals surface area (Å²) in [6.07, 6.45) is 1.97. The molecule has 1 aliphatic carbocycles. The van der Waals surface area contributed by atoms with Gasteiger partial charge in [0.1, 0.15) is 17.4 Å². The first-order valence-electron chi connectivity index (χ1n) is 6.21. The number of Topliss-reactive ketones (excluding diaryl/α,β-unsaturated/α-hetero) is 1. The second-order valence-corrected chi connectivity index (χ2v) is 7.17. The van der Waals surface area contributed by atoms with Gasteiger partial charge in [0.2, 0.25) is 5.88 Å². The fourth-order valence-corrected chi connectivity index (χ4v) is 4.17. The minimum atomic E-state index is -0.382. The summed E-state index contributed by atoms with van der Waals surface area (Å²) in [4.78, 5) is 13.2. The number of carbonyl (C=O) groups is 1. The predicted molar refractivity (Wildman–Crippen MR) is 78.6 cm³/mol. The van der Waals surface area contributed by atoms with Crippen LogP contribution in [0.25, 0.3) is 0 Å². The van der Waals surface area contributed by atoms with Crippen molar-refractivity contribution in [2.24, 2.45) is 5.73 Å². The Morgan fingerprint density at radius 2 is 2.25 bits per heavy atom. The number of halogens is 1. The fourth-order valence-electron chi connectivity index (χ4n) is 2.62. The second kappa shape index (κ2) is 5.08. The number of hydrogen-bond donors (Lipinski definition) is 1. The van der Waals surface area contributed by atoms with Crippen LogP contribution in [0.3, 0.4) is 0 Å². The van der Waals surface area contributed by atoms with Gasteiger partial charge in [-0.05, 0) is 34.5 Å². The molecule has 6 heteroatoms. The van der Waals surface area contributed by atoms with Crippen molar-refractivity contribution in [1.82, 2.24) is 0 Å². The van der Waals surface area contributed by atoms with Gasteiger partial charge in [-0.2, -0.15) is 5.26 Å². The standard InChI is InChI=1S/C14H11BrN2O2S/c15-11-5-4-10(20-11)12-7(6-16)14(17)19-9-3-1-2-8(18)13(9)12/h4-5,12H,1-3,17H2. The van der Waals surface area contributed by atoms with E-state index in [1.807, 2.05) is 12.1 Å². The summed E-state index contributed by atoms with van der Waals surface area (Å²) in [5.41, 5.74) is 6.79. The van der Waals surface area contributed by atoms with Crippen LogP contribution in [0.5, 0.6) is 0 Å². The molecule has 3 rings (SSSR count). The van der Waals surface area contributed by atoms with Crippen molar-refractivity contribution in [3.8, 4) is 6.07 Å². The normalized spacial score (nSPS) is 22.4. The molecular weight excluding hydrogens is 340 g/mol. The Hall–Kier alpha value is -1.58. The summed E-state index contributed by atoms with van der Waals surface area (Å²) in [7, 11) is 0. The van der Waals surface area contributed by atoms with Crippen LogP contribution < -0.4 is 5.73 Å². The molecule has 0 saturated heterocycles. The third kappa shape index (κ3) is 2.07. The lowest BCUT2D eigenvalue weighted by molar-refractivity contribution is -0.116. The Kier molecular flexibility index (Phi) is 3.40. The van der Waals surface area contributed by atoms with E-state index in [1.54, 1.807) is 0 Å². The van der Waals surface area contributed by atoms with E-state index < -0.39 is 0 Å². The Bertz CT molecular complexity index is 696. The lowest BCUT2D eigenvalue weighted by Gasteiger charge is -2.30. The number of ether oxygens (including phenoxy) is 1.